The molecule has 96 valence electrons. The van der Waals surface area contributed by atoms with Crippen LogP contribution >= 0.6 is 0 Å². The number of nitrogens with zero attached hydrogens (tertiary/aromatic N) is 2. The molecule has 0 spiro atoms. The van der Waals surface area contributed by atoms with Crippen LogP contribution < -0.4 is 10.6 Å². The molecule has 2 N–H and O–H groups in total. The molecule has 0 saturated heterocycles. The summed E-state index contributed by atoms with van der Waals surface area (Å²) >= 11 is 0. The maximum atomic E-state index is 8.87. The summed E-state index contributed by atoms with van der Waals surface area (Å²) in [7, 11) is 2.11. The van der Waals surface area contributed by atoms with Gasteiger partial charge in [-0.25, -0.2) is 0 Å². The van der Waals surface area contributed by atoms with Crippen molar-refractivity contribution in [1.29, 1.82) is 5.26 Å². The summed E-state index contributed by atoms with van der Waals surface area (Å²) < 4.78 is 0. The number of anilines is 2. The summed E-state index contributed by atoms with van der Waals surface area (Å²) in [6.07, 6.45) is 6.82. The largest absolute Gasteiger partial charge is 0.398 e. The van der Waals surface area contributed by atoms with Gasteiger partial charge in [0.1, 0.15) is 6.07 Å². The van der Waals surface area contributed by atoms with Crippen molar-refractivity contribution in [2.24, 2.45) is 5.92 Å². The van der Waals surface area contributed by atoms with E-state index in [4.69, 9.17) is 11.0 Å². The van der Waals surface area contributed by atoms with E-state index < -0.39 is 0 Å². The topological polar surface area (TPSA) is 53.0 Å². The Bertz CT molecular complexity index is 442. The molecule has 1 fully saturated rings. The van der Waals surface area contributed by atoms with E-state index in [2.05, 4.69) is 18.0 Å². The maximum absolute atomic E-state index is 8.87. The van der Waals surface area contributed by atoms with Gasteiger partial charge in [0.2, 0.25) is 0 Å². The molecule has 3 nitrogen and oxygen atoms in total. The molecule has 0 atom stereocenters. The minimum atomic E-state index is 0.560. The lowest BCUT2D eigenvalue weighted by atomic mass is 9.89. The number of hydrogen-bond acceptors (Lipinski definition) is 3. The van der Waals surface area contributed by atoms with E-state index in [1.807, 2.05) is 18.2 Å². The maximum Gasteiger partial charge on any atom is 0.101 e. The highest BCUT2D eigenvalue weighted by Gasteiger charge is 2.15. The fourth-order valence-electron chi connectivity index (χ4n) is 2.75. The van der Waals surface area contributed by atoms with E-state index in [9.17, 15) is 0 Å². The first kappa shape index (κ1) is 12.8. The molecule has 1 saturated carbocycles. The van der Waals surface area contributed by atoms with Crippen LogP contribution in [0.3, 0.4) is 0 Å². The first-order chi connectivity index (χ1) is 8.70. The molecule has 1 aliphatic carbocycles. The fraction of sp³-hybridized carbons (Fsp3) is 0.533. The van der Waals surface area contributed by atoms with Gasteiger partial charge < -0.3 is 10.6 Å². The van der Waals surface area contributed by atoms with Gasteiger partial charge in [-0.3, -0.25) is 0 Å². The van der Waals surface area contributed by atoms with Gasteiger partial charge in [-0.2, -0.15) is 5.26 Å². The summed E-state index contributed by atoms with van der Waals surface area (Å²) in [6, 6.07) is 7.79. The SMILES string of the molecule is CN(CC1CCCCC1)c1ccc(C#N)c(N)c1. The number of nitrogen functional groups attached to an aromatic ring is 1. The van der Waals surface area contributed by atoms with Gasteiger partial charge in [0, 0.05) is 19.3 Å². The van der Waals surface area contributed by atoms with Gasteiger partial charge in [-0.1, -0.05) is 19.3 Å². The first-order valence-electron chi connectivity index (χ1n) is 6.71. The zero-order valence-electron chi connectivity index (χ0n) is 11.0. The molecule has 0 unspecified atom stereocenters. The van der Waals surface area contributed by atoms with Crippen molar-refractivity contribution in [3.8, 4) is 6.07 Å². The van der Waals surface area contributed by atoms with Crippen LogP contribution in [-0.4, -0.2) is 13.6 Å². The molecular weight excluding hydrogens is 222 g/mol. The third kappa shape index (κ3) is 2.95. The summed E-state index contributed by atoms with van der Waals surface area (Å²) in [5.74, 6) is 0.806. The molecule has 0 bridgehead atoms. The highest BCUT2D eigenvalue weighted by Crippen LogP contribution is 2.27. The predicted octanol–water partition coefficient (Wildman–Crippen LogP) is 3.16. The van der Waals surface area contributed by atoms with Crippen molar-refractivity contribution in [3.63, 3.8) is 0 Å². The smallest absolute Gasteiger partial charge is 0.101 e. The lowest BCUT2D eigenvalue weighted by Crippen LogP contribution is -2.26. The zero-order chi connectivity index (χ0) is 13.0. The van der Waals surface area contributed by atoms with Gasteiger partial charge in [0.25, 0.3) is 0 Å². The van der Waals surface area contributed by atoms with Crippen molar-refractivity contribution in [2.45, 2.75) is 32.1 Å². The highest BCUT2D eigenvalue weighted by atomic mass is 15.1. The van der Waals surface area contributed by atoms with E-state index in [-0.39, 0.29) is 0 Å². The Balaban J connectivity index is 2.02. The van der Waals surface area contributed by atoms with E-state index in [1.165, 1.54) is 32.1 Å². The second-order valence-corrected chi connectivity index (χ2v) is 5.27. The van der Waals surface area contributed by atoms with Crippen LogP contribution in [0.2, 0.25) is 0 Å². The average molecular weight is 243 g/mol. The molecule has 1 aromatic carbocycles. The van der Waals surface area contributed by atoms with Gasteiger partial charge in [-0.15, -0.1) is 0 Å². The van der Waals surface area contributed by atoms with E-state index >= 15 is 0 Å². The number of rotatable bonds is 3. The van der Waals surface area contributed by atoms with Crippen LogP contribution in [0, 0.1) is 17.2 Å². The normalized spacial score (nSPS) is 16.2. The Labute approximate surface area is 109 Å². The van der Waals surface area contributed by atoms with Crippen LogP contribution in [0.25, 0.3) is 0 Å². The minimum absolute atomic E-state index is 0.560. The van der Waals surface area contributed by atoms with Crippen LogP contribution in [-0.2, 0) is 0 Å². The molecule has 0 aromatic heterocycles. The molecule has 1 aliphatic rings. The molecule has 0 heterocycles. The zero-order valence-corrected chi connectivity index (χ0v) is 11.0. The van der Waals surface area contributed by atoms with Gasteiger partial charge in [0.05, 0.1) is 11.3 Å². The second-order valence-electron chi connectivity index (χ2n) is 5.27. The molecule has 0 aliphatic heterocycles. The number of hydrogen-bond donors (Lipinski definition) is 1. The van der Waals surface area contributed by atoms with Crippen molar-refractivity contribution >= 4 is 11.4 Å². The Hall–Kier alpha value is -1.69. The number of nitriles is 1. The first-order valence-corrected chi connectivity index (χ1v) is 6.71. The lowest BCUT2D eigenvalue weighted by molar-refractivity contribution is 0.362. The number of benzene rings is 1. The van der Waals surface area contributed by atoms with Crippen molar-refractivity contribution < 1.29 is 0 Å². The van der Waals surface area contributed by atoms with Crippen molar-refractivity contribution in [3.05, 3.63) is 23.8 Å². The molecule has 0 amide bonds. The summed E-state index contributed by atoms with van der Waals surface area (Å²) in [5.41, 5.74) is 8.10. The Morgan fingerprint density at radius 2 is 2.06 bits per heavy atom. The molecule has 1 aromatic rings. The molecule has 2 rings (SSSR count). The summed E-state index contributed by atoms with van der Waals surface area (Å²) in [4.78, 5) is 2.26. The van der Waals surface area contributed by atoms with Crippen molar-refractivity contribution in [2.75, 3.05) is 24.2 Å². The Morgan fingerprint density at radius 1 is 1.33 bits per heavy atom. The Morgan fingerprint density at radius 3 is 2.67 bits per heavy atom. The molecule has 3 heteroatoms. The average Bonchev–Trinajstić information content (AvgIpc) is 2.39. The lowest BCUT2D eigenvalue weighted by Gasteiger charge is -2.28. The summed E-state index contributed by atoms with van der Waals surface area (Å²) in [6.45, 7) is 1.09. The van der Waals surface area contributed by atoms with E-state index in [0.717, 1.165) is 18.2 Å². The van der Waals surface area contributed by atoms with Crippen LogP contribution in [0.1, 0.15) is 37.7 Å². The summed E-state index contributed by atoms with van der Waals surface area (Å²) in [5, 5.41) is 8.87. The Kier molecular flexibility index (Phi) is 4.09. The number of nitrogens with two attached hydrogens (primary N) is 1. The highest BCUT2D eigenvalue weighted by molar-refractivity contribution is 5.63. The van der Waals surface area contributed by atoms with Crippen LogP contribution in [0.15, 0.2) is 18.2 Å². The standard InChI is InChI=1S/C15H21N3/c1-18(11-12-5-3-2-4-6-12)14-8-7-13(10-16)15(17)9-14/h7-9,12H,2-6,11,17H2,1H3. The van der Waals surface area contributed by atoms with E-state index in [1.54, 1.807) is 0 Å². The minimum Gasteiger partial charge on any atom is -0.398 e. The van der Waals surface area contributed by atoms with Gasteiger partial charge in [0.15, 0.2) is 0 Å². The second kappa shape index (κ2) is 5.77. The molecule has 0 radical (unpaired) electrons. The molecular formula is C15H21N3. The van der Waals surface area contributed by atoms with Crippen LogP contribution in [0.5, 0.6) is 0 Å². The third-order valence-electron chi connectivity index (χ3n) is 3.85. The molecule has 18 heavy (non-hydrogen) atoms. The third-order valence-corrected chi connectivity index (χ3v) is 3.85. The van der Waals surface area contributed by atoms with E-state index in [0.29, 0.717) is 11.3 Å². The quantitative estimate of drug-likeness (QED) is 0.830. The predicted molar refractivity (Wildman–Crippen MR) is 75.4 cm³/mol. The van der Waals surface area contributed by atoms with Crippen LogP contribution in [0.4, 0.5) is 11.4 Å². The van der Waals surface area contributed by atoms with Gasteiger partial charge >= 0.3 is 0 Å². The van der Waals surface area contributed by atoms with Crippen molar-refractivity contribution in [1.82, 2.24) is 0 Å². The fourth-order valence-corrected chi connectivity index (χ4v) is 2.75. The monoisotopic (exact) mass is 243 g/mol. The van der Waals surface area contributed by atoms with Gasteiger partial charge in [-0.05, 0) is 37.0 Å².